The van der Waals surface area contributed by atoms with Gasteiger partial charge in [0.25, 0.3) is 0 Å². The number of hydrogen-bond acceptors (Lipinski definition) is 3. The van der Waals surface area contributed by atoms with Crippen LogP contribution in [0.3, 0.4) is 0 Å². The van der Waals surface area contributed by atoms with Gasteiger partial charge in [-0.1, -0.05) is 84.4 Å². The molecule has 0 saturated carbocycles. The van der Waals surface area contributed by atoms with Gasteiger partial charge in [-0.3, -0.25) is 9.69 Å². The summed E-state index contributed by atoms with van der Waals surface area (Å²) in [5.74, 6) is 0.0159. The second kappa shape index (κ2) is 10.2. The maximum Gasteiger partial charge on any atom is 0.411 e. The van der Waals surface area contributed by atoms with E-state index in [1.165, 1.54) is 4.90 Å². The first-order valence-electron chi connectivity index (χ1n) is 11.1. The Kier molecular flexibility index (Phi) is 7.14. The van der Waals surface area contributed by atoms with Gasteiger partial charge in [0, 0.05) is 16.6 Å². The third kappa shape index (κ3) is 5.45. The van der Waals surface area contributed by atoms with Crippen LogP contribution in [0.1, 0.15) is 42.0 Å². The van der Waals surface area contributed by atoms with Crippen molar-refractivity contribution in [1.82, 2.24) is 4.90 Å². The zero-order chi connectivity index (χ0) is 23.4. The summed E-state index contributed by atoms with van der Waals surface area (Å²) in [7, 11) is 0. The molecule has 4 rings (SSSR count). The van der Waals surface area contributed by atoms with Crippen molar-refractivity contribution in [2.24, 2.45) is 0 Å². The number of ether oxygens (including phenoxy) is 1. The van der Waals surface area contributed by atoms with E-state index in [-0.39, 0.29) is 18.4 Å². The molecule has 0 saturated heterocycles. The van der Waals surface area contributed by atoms with E-state index < -0.39 is 12.1 Å². The molecule has 2 amide bonds. The molecule has 0 fully saturated rings. The highest BCUT2D eigenvalue weighted by molar-refractivity contribution is 9.10. The molecule has 3 aromatic rings. The van der Waals surface area contributed by atoms with E-state index in [2.05, 4.69) is 35.1 Å². The Morgan fingerprint density at radius 3 is 2.45 bits per heavy atom. The molecule has 0 aliphatic carbocycles. The Morgan fingerprint density at radius 2 is 1.73 bits per heavy atom. The lowest BCUT2D eigenvalue weighted by atomic mass is 9.93. The second-order valence-corrected chi connectivity index (χ2v) is 9.45. The number of nitrogens with one attached hydrogen (secondary N) is 1. The van der Waals surface area contributed by atoms with Gasteiger partial charge in [0.05, 0.1) is 6.54 Å². The zero-order valence-corrected chi connectivity index (χ0v) is 20.3. The zero-order valence-electron chi connectivity index (χ0n) is 18.8. The minimum atomic E-state index is -0.660. The van der Waals surface area contributed by atoms with E-state index >= 15 is 0 Å². The minimum Gasteiger partial charge on any atom is -0.445 e. The number of amides is 2. The Hall–Kier alpha value is -3.12. The van der Waals surface area contributed by atoms with Crippen molar-refractivity contribution in [3.8, 4) is 0 Å². The van der Waals surface area contributed by atoms with Crippen molar-refractivity contribution in [3.63, 3.8) is 0 Å². The smallest absolute Gasteiger partial charge is 0.411 e. The molecule has 1 aliphatic heterocycles. The third-order valence-corrected chi connectivity index (χ3v) is 6.38. The average molecular weight is 507 g/mol. The molecule has 1 heterocycles. The summed E-state index contributed by atoms with van der Waals surface area (Å²) in [6, 6.07) is 22.6. The summed E-state index contributed by atoms with van der Waals surface area (Å²) in [6.45, 7) is 4.67. The van der Waals surface area contributed by atoms with Gasteiger partial charge in [-0.25, -0.2) is 4.79 Å². The molecule has 1 aliphatic rings. The van der Waals surface area contributed by atoms with E-state index in [4.69, 9.17) is 4.74 Å². The molecule has 5 nitrogen and oxygen atoms in total. The van der Waals surface area contributed by atoms with Crippen LogP contribution in [-0.2, 0) is 29.1 Å². The van der Waals surface area contributed by atoms with Crippen LogP contribution in [0, 0.1) is 0 Å². The Balaban J connectivity index is 1.57. The number of fused-ring (bicyclic) bond motifs is 1. The highest BCUT2D eigenvalue weighted by Gasteiger charge is 2.36. The number of rotatable bonds is 5. The summed E-state index contributed by atoms with van der Waals surface area (Å²) < 4.78 is 6.55. The molecule has 3 aromatic carbocycles. The standard InChI is InChI=1S/C27H27BrN2O3/c1-18(2)23-15-22(28)12-13-24(23)29-26(31)25-14-20-10-6-7-11-21(20)16-30(25)27(32)33-17-19-8-4-3-5-9-19/h3-13,15,18,25H,14,16-17H2,1-2H3,(H,29,31)/t25-/m1/s1. The number of halogens is 1. The van der Waals surface area contributed by atoms with Gasteiger partial charge >= 0.3 is 6.09 Å². The second-order valence-electron chi connectivity index (χ2n) is 8.53. The number of carbonyl (C=O) groups excluding carboxylic acids is 2. The Labute approximate surface area is 202 Å². The van der Waals surface area contributed by atoms with Crippen LogP contribution >= 0.6 is 15.9 Å². The molecular weight excluding hydrogens is 480 g/mol. The molecule has 170 valence electrons. The van der Waals surface area contributed by atoms with Crippen molar-refractivity contribution < 1.29 is 14.3 Å². The number of benzene rings is 3. The highest BCUT2D eigenvalue weighted by Crippen LogP contribution is 2.30. The molecular formula is C27H27BrN2O3. The first-order valence-corrected chi connectivity index (χ1v) is 11.9. The minimum absolute atomic E-state index is 0.163. The number of hydrogen-bond donors (Lipinski definition) is 1. The first kappa shape index (κ1) is 23.1. The van der Waals surface area contributed by atoms with Crippen molar-refractivity contribution in [2.45, 2.75) is 45.4 Å². The summed E-state index contributed by atoms with van der Waals surface area (Å²) in [6.07, 6.45) is -0.0518. The maximum atomic E-state index is 13.5. The predicted molar refractivity (Wildman–Crippen MR) is 133 cm³/mol. The fourth-order valence-electron chi connectivity index (χ4n) is 4.09. The quantitative estimate of drug-likeness (QED) is 0.443. The van der Waals surface area contributed by atoms with Gasteiger partial charge in [-0.2, -0.15) is 0 Å². The van der Waals surface area contributed by atoms with Crippen LogP contribution in [0.15, 0.2) is 77.3 Å². The average Bonchev–Trinajstić information content (AvgIpc) is 2.83. The highest BCUT2D eigenvalue weighted by atomic mass is 79.9. The molecule has 6 heteroatoms. The van der Waals surface area contributed by atoms with Crippen LogP contribution in [0.5, 0.6) is 0 Å². The van der Waals surface area contributed by atoms with Crippen LogP contribution in [0.2, 0.25) is 0 Å². The Bertz CT molecular complexity index is 1150. The van der Waals surface area contributed by atoms with E-state index in [9.17, 15) is 9.59 Å². The van der Waals surface area contributed by atoms with Gasteiger partial charge in [0.15, 0.2) is 0 Å². The fraction of sp³-hybridized carbons (Fsp3) is 0.259. The van der Waals surface area contributed by atoms with Gasteiger partial charge in [0.2, 0.25) is 5.91 Å². The molecule has 0 unspecified atom stereocenters. The van der Waals surface area contributed by atoms with Gasteiger partial charge < -0.3 is 10.1 Å². The normalized spacial score (nSPS) is 15.2. The third-order valence-electron chi connectivity index (χ3n) is 5.88. The van der Waals surface area contributed by atoms with Gasteiger partial charge in [-0.05, 0) is 46.4 Å². The van der Waals surface area contributed by atoms with E-state index in [0.717, 1.165) is 32.4 Å². The van der Waals surface area contributed by atoms with Gasteiger partial charge in [-0.15, -0.1) is 0 Å². The molecule has 33 heavy (non-hydrogen) atoms. The SMILES string of the molecule is CC(C)c1cc(Br)ccc1NC(=O)[C@H]1Cc2ccccc2CN1C(=O)OCc1ccccc1. The summed E-state index contributed by atoms with van der Waals surface area (Å²) >= 11 is 3.51. The molecule has 0 aromatic heterocycles. The molecule has 1 N–H and O–H groups in total. The monoisotopic (exact) mass is 506 g/mol. The lowest BCUT2D eigenvalue weighted by Gasteiger charge is -2.35. The fourth-order valence-corrected chi connectivity index (χ4v) is 4.47. The van der Waals surface area contributed by atoms with Crippen molar-refractivity contribution in [2.75, 3.05) is 5.32 Å². The van der Waals surface area contributed by atoms with Crippen LogP contribution in [-0.4, -0.2) is 22.9 Å². The van der Waals surface area contributed by atoms with Crippen molar-refractivity contribution in [3.05, 3.63) is 99.5 Å². The van der Waals surface area contributed by atoms with E-state index in [1.54, 1.807) is 0 Å². The number of anilines is 1. The number of carbonyl (C=O) groups is 2. The predicted octanol–water partition coefficient (Wildman–Crippen LogP) is 6.27. The summed E-state index contributed by atoms with van der Waals surface area (Å²) in [5, 5.41) is 3.07. The van der Waals surface area contributed by atoms with Gasteiger partial charge in [0.1, 0.15) is 12.6 Å². The van der Waals surface area contributed by atoms with Crippen LogP contribution < -0.4 is 5.32 Å². The summed E-state index contributed by atoms with van der Waals surface area (Å²) in [4.78, 5) is 28.1. The lowest BCUT2D eigenvalue weighted by Crippen LogP contribution is -2.50. The lowest BCUT2D eigenvalue weighted by molar-refractivity contribution is -0.121. The van der Waals surface area contributed by atoms with Crippen LogP contribution in [0.25, 0.3) is 0 Å². The van der Waals surface area contributed by atoms with E-state index in [0.29, 0.717) is 13.0 Å². The molecule has 0 bridgehead atoms. The molecule has 0 radical (unpaired) electrons. The number of nitrogens with zero attached hydrogens (tertiary/aromatic N) is 1. The van der Waals surface area contributed by atoms with Crippen molar-refractivity contribution in [1.29, 1.82) is 0 Å². The first-order chi connectivity index (χ1) is 15.9. The van der Waals surface area contributed by atoms with E-state index in [1.807, 2.05) is 72.8 Å². The maximum absolute atomic E-state index is 13.5. The molecule has 1 atom stereocenters. The topological polar surface area (TPSA) is 58.6 Å². The Morgan fingerprint density at radius 1 is 1.03 bits per heavy atom. The van der Waals surface area contributed by atoms with Crippen LogP contribution in [0.4, 0.5) is 10.5 Å². The van der Waals surface area contributed by atoms with Crippen molar-refractivity contribution >= 4 is 33.6 Å². The summed E-state index contributed by atoms with van der Waals surface area (Å²) in [5.41, 5.74) is 4.80. The molecule has 0 spiro atoms. The largest absolute Gasteiger partial charge is 0.445 e.